The molecule has 3 unspecified atom stereocenters. The zero-order chi connectivity index (χ0) is 22.4. The molecule has 31 heavy (non-hydrogen) atoms. The van der Waals surface area contributed by atoms with Crippen LogP contribution in [0.1, 0.15) is 36.8 Å². The summed E-state index contributed by atoms with van der Waals surface area (Å²) in [6.45, 7) is 5.88. The van der Waals surface area contributed by atoms with Crippen molar-refractivity contribution in [3.8, 4) is 10.6 Å². The van der Waals surface area contributed by atoms with Crippen LogP contribution in [0.3, 0.4) is 0 Å². The second-order valence-electron chi connectivity index (χ2n) is 7.42. The van der Waals surface area contributed by atoms with Crippen molar-refractivity contribution in [2.24, 2.45) is 5.92 Å². The van der Waals surface area contributed by atoms with Crippen molar-refractivity contribution in [2.75, 3.05) is 5.32 Å². The number of anilines is 1. The van der Waals surface area contributed by atoms with Crippen LogP contribution in [0.15, 0.2) is 54.6 Å². The minimum absolute atomic E-state index is 0.0900. The molecule has 162 valence electrons. The fourth-order valence-corrected chi connectivity index (χ4v) is 4.00. The molecule has 0 spiro atoms. The van der Waals surface area contributed by atoms with Crippen LogP contribution in [0, 0.1) is 12.8 Å². The molecule has 3 atom stereocenters. The van der Waals surface area contributed by atoms with Gasteiger partial charge in [0.25, 0.3) is 0 Å². The molecule has 0 radical (unpaired) electrons. The van der Waals surface area contributed by atoms with E-state index in [-0.39, 0.29) is 11.8 Å². The van der Waals surface area contributed by atoms with Gasteiger partial charge in [0.15, 0.2) is 0 Å². The van der Waals surface area contributed by atoms with Gasteiger partial charge in [-0.05, 0) is 24.5 Å². The van der Waals surface area contributed by atoms with Gasteiger partial charge < -0.3 is 5.32 Å². The molecular weight excluding hydrogens is 432 g/mol. The molecule has 0 fully saturated rings. The molecule has 8 heteroatoms. The summed E-state index contributed by atoms with van der Waals surface area (Å²) in [6, 6.07) is 16.2. The van der Waals surface area contributed by atoms with Crippen molar-refractivity contribution in [1.29, 1.82) is 0 Å². The Morgan fingerprint density at radius 1 is 1.06 bits per heavy atom. The van der Waals surface area contributed by atoms with E-state index in [1.165, 1.54) is 11.3 Å². The zero-order valence-corrected chi connectivity index (χ0v) is 19.2. The molecule has 2 aromatic carbocycles. The smallest absolute Gasteiger partial charge is 0.249 e. The van der Waals surface area contributed by atoms with Crippen LogP contribution in [0.4, 0.5) is 5.13 Å². The summed E-state index contributed by atoms with van der Waals surface area (Å²) < 4.78 is 0. The van der Waals surface area contributed by atoms with E-state index >= 15 is 0 Å². The van der Waals surface area contributed by atoms with Gasteiger partial charge >= 0.3 is 0 Å². The van der Waals surface area contributed by atoms with Gasteiger partial charge in [0.05, 0.1) is 0 Å². The zero-order valence-electron chi connectivity index (χ0n) is 17.6. The average Bonchev–Trinajstić information content (AvgIpc) is 3.25. The lowest BCUT2D eigenvalue weighted by Gasteiger charge is -2.24. The summed E-state index contributed by atoms with van der Waals surface area (Å²) in [5, 5.41) is 14.1. The normalized spacial score (nSPS) is 13.8. The first-order chi connectivity index (χ1) is 14.9. The van der Waals surface area contributed by atoms with Gasteiger partial charge in [0.2, 0.25) is 16.9 Å². The van der Waals surface area contributed by atoms with E-state index in [4.69, 9.17) is 11.6 Å². The first kappa shape index (κ1) is 22.9. The average molecular weight is 457 g/mol. The number of amides is 2. The molecule has 1 aromatic heterocycles. The van der Waals surface area contributed by atoms with Gasteiger partial charge in [-0.1, -0.05) is 85.7 Å². The van der Waals surface area contributed by atoms with Crippen molar-refractivity contribution in [3.63, 3.8) is 0 Å². The largest absolute Gasteiger partial charge is 0.342 e. The maximum Gasteiger partial charge on any atom is 0.249 e. The van der Waals surface area contributed by atoms with E-state index in [1.54, 1.807) is 12.1 Å². The van der Waals surface area contributed by atoms with Crippen LogP contribution in [-0.2, 0) is 9.59 Å². The van der Waals surface area contributed by atoms with E-state index in [1.807, 2.05) is 63.2 Å². The topological polar surface area (TPSA) is 84.0 Å². The Bertz CT molecular complexity index is 1040. The van der Waals surface area contributed by atoms with E-state index in [2.05, 4.69) is 20.8 Å². The molecule has 0 saturated heterocycles. The SMILES string of the molecule is CCC(C)C(NC(=O)C(Cl)c1ccccc1)C(=O)Nc1nnc(-c2cccc(C)c2)s1. The molecular formula is C23H25ClN4O2S. The van der Waals surface area contributed by atoms with E-state index in [0.29, 0.717) is 22.1 Å². The van der Waals surface area contributed by atoms with E-state index < -0.39 is 17.3 Å². The first-order valence-electron chi connectivity index (χ1n) is 10.1. The van der Waals surface area contributed by atoms with Crippen LogP contribution in [0.5, 0.6) is 0 Å². The Morgan fingerprint density at radius 2 is 1.81 bits per heavy atom. The number of aryl methyl sites for hydroxylation is 1. The van der Waals surface area contributed by atoms with Gasteiger partial charge in [-0.2, -0.15) is 0 Å². The number of hydrogen-bond acceptors (Lipinski definition) is 5. The third-order valence-corrected chi connectivity index (χ3v) is 6.37. The third-order valence-electron chi connectivity index (χ3n) is 5.04. The fraction of sp³-hybridized carbons (Fsp3) is 0.304. The molecule has 0 bridgehead atoms. The third kappa shape index (κ3) is 5.89. The summed E-state index contributed by atoms with van der Waals surface area (Å²) in [4.78, 5) is 25.7. The van der Waals surface area contributed by atoms with E-state index in [9.17, 15) is 9.59 Å². The number of halogens is 1. The summed E-state index contributed by atoms with van der Waals surface area (Å²) in [5.41, 5.74) is 2.74. The highest BCUT2D eigenvalue weighted by Crippen LogP contribution is 2.27. The standard InChI is InChI=1S/C23H25ClN4O2S/c1-4-15(3)19(25-20(29)18(24)16-10-6-5-7-11-16)21(30)26-23-28-27-22(31-23)17-12-8-9-14(2)13-17/h5-13,15,18-19H,4H2,1-3H3,(H,25,29)(H,26,28,30). The maximum atomic E-state index is 13.0. The molecule has 2 N–H and O–H groups in total. The number of carbonyl (C=O) groups is 2. The number of aromatic nitrogens is 2. The Balaban J connectivity index is 1.71. The van der Waals surface area contributed by atoms with Crippen LogP contribution in [0.25, 0.3) is 10.6 Å². The minimum Gasteiger partial charge on any atom is -0.342 e. The highest BCUT2D eigenvalue weighted by Gasteiger charge is 2.29. The summed E-state index contributed by atoms with van der Waals surface area (Å²) >= 11 is 7.62. The Morgan fingerprint density at radius 3 is 2.48 bits per heavy atom. The Hall–Kier alpha value is -2.77. The van der Waals surface area contributed by atoms with Gasteiger partial charge in [-0.15, -0.1) is 21.8 Å². The lowest BCUT2D eigenvalue weighted by molar-refractivity contribution is -0.127. The quantitative estimate of drug-likeness (QED) is 0.469. The minimum atomic E-state index is -0.880. The predicted molar refractivity (Wildman–Crippen MR) is 125 cm³/mol. The van der Waals surface area contributed by atoms with Gasteiger partial charge in [-0.3, -0.25) is 14.9 Å². The molecule has 3 rings (SSSR count). The van der Waals surface area contributed by atoms with Crippen molar-refractivity contribution in [2.45, 2.75) is 38.6 Å². The fourth-order valence-electron chi connectivity index (χ4n) is 3.05. The molecule has 1 heterocycles. The number of benzene rings is 2. The Kier molecular flexibility index (Phi) is 7.76. The number of nitrogens with zero attached hydrogens (tertiary/aromatic N) is 2. The van der Waals surface area contributed by atoms with Crippen LogP contribution in [-0.4, -0.2) is 28.1 Å². The number of alkyl halides is 1. The molecule has 3 aromatic rings. The maximum absolute atomic E-state index is 13.0. The van der Waals surface area contributed by atoms with Crippen molar-refractivity contribution >= 4 is 39.9 Å². The molecule has 0 aliphatic rings. The lowest BCUT2D eigenvalue weighted by Crippen LogP contribution is -2.48. The predicted octanol–water partition coefficient (Wildman–Crippen LogP) is 4.96. The van der Waals surface area contributed by atoms with E-state index in [0.717, 1.165) is 11.1 Å². The number of carbonyl (C=O) groups excluding carboxylic acids is 2. The van der Waals surface area contributed by atoms with Gasteiger partial charge in [0.1, 0.15) is 16.4 Å². The second kappa shape index (κ2) is 10.5. The number of nitrogens with one attached hydrogen (secondary N) is 2. The van der Waals surface area contributed by atoms with Crippen molar-refractivity contribution in [1.82, 2.24) is 15.5 Å². The monoisotopic (exact) mass is 456 g/mol. The molecule has 6 nitrogen and oxygen atoms in total. The number of hydrogen-bond donors (Lipinski definition) is 2. The number of rotatable bonds is 8. The highest BCUT2D eigenvalue weighted by molar-refractivity contribution is 7.18. The summed E-state index contributed by atoms with van der Waals surface area (Å²) in [7, 11) is 0. The Labute approximate surface area is 191 Å². The highest BCUT2D eigenvalue weighted by atomic mass is 35.5. The van der Waals surface area contributed by atoms with Gasteiger partial charge in [-0.25, -0.2) is 0 Å². The van der Waals surface area contributed by atoms with Crippen molar-refractivity contribution in [3.05, 3.63) is 65.7 Å². The molecule has 2 amide bonds. The summed E-state index contributed by atoms with van der Waals surface area (Å²) in [6.07, 6.45) is 0.710. The van der Waals surface area contributed by atoms with Crippen LogP contribution in [0.2, 0.25) is 0 Å². The van der Waals surface area contributed by atoms with Crippen molar-refractivity contribution < 1.29 is 9.59 Å². The second-order valence-corrected chi connectivity index (χ2v) is 8.83. The van der Waals surface area contributed by atoms with Crippen LogP contribution < -0.4 is 10.6 Å². The molecule has 0 saturated carbocycles. The van der Waals surface area contributed by atoms with Gasteiger partial charge in [0, 0.05) is 5.56 Å². The van der Waals surface area contributed by atoms with Crippen LogP contribution >= 0.6 is 22.9 Å². The summed E-state index contributed by atoms with van der Waals surface area (Å²) in [5.74, 6) is -0.842. The molecule has 0 aliphatic heterocycles. The lowest BCUT2D eigenvalue weighted by atomic mass is 9.98. The first-order valence-corrected chi connectivity index (χ1v) is 11.3. The molecule has 0 aliphatic carbocycles.